The summed E-state index contributed by atoms with van der Waals surface area (Å²) in [5, 5.41) is 11.8. The first kappa shape index (κ1) is 23.2. The SMILES string of the molecule is CCCCn1c(SCc2c(F)cccc2[N+](=O)[O-])nc2cc(S(=O)(=O)N(C)C)ccc21. The molecule has 2 aromatic carbocycles. The molecular weight excluding hydrogens is 443 g/mol. The van der Waals surface area contributed by atoms with Gasteiger partial charge in [-0.25, -0.2) is 22.1 Å². The summed E-state index contributed by atoms with van der Waals surface area (Å²) in [7, 11) is -0.692. The average Bonchev–Trinajstić information content (AvgIpc) is 3.07. The number of rotatable bonds is 9. The topological polar surface area (TPSA) is 98.3 Å². The van der Waals surface area contributed by atoms with Crippen molar-refractivity contribution in [1.82, 2.24) is 13.9 Å². The number of nitro benzene ring substituents is 1. The smallest absolute Gasteiger partial charge is 0.276 e. The maximum absolute atomic E-state index is 14.3. The monoisotopic (exact) mass is 466 g/mol. The van der Waals surface area contributed by atoms with E-state index in [0.717, 1.165) is 22.7 Å². The maximum Gasteiger partial charge on any atom is 0.276 e. The highest BCUT2D eigenvalue weighted by atomic mass is 32.2. The molecule has 8 nitrogen and oxygen atoms in total. The van der Waals surface area contributed by atoms with E-state index in [4.69, 9.17) is 0 Å². The van der Waals surface area contributed by atoms with Gasteiger partial charge in [0.05, 0.1) is 26.4 Å². The van der Waals surface area contributed by atoms with E-state index >= 15 is 0 Å². The first-order valence-corrected chi connectivity index (χ1v) is 12.1. The molecule has 0 aliphatic carbocycles. The predicted molar refractivity (Wildman–Crippen MR) is 118 cm³/mol. The van der Waals surface area contributed by atoms with Gasteiger partial charge in [0.1, 0.15) is 5.82 Å². The quantitative estimate of drug-likeness (QED) is 0.263. The Morgan fingerprint density at radius 2 is 2.00 bits per heavy atom. The number of unbranched alkanes of at least 4 members (excludes halogenated alkanes) is 1. The van der Waals surface area contributed by atoms with Crippen LogP contribution in [0.25, 0.3) is 11.0 Å². The number of sulfonamides is 1. The van der Waals surface area contributed by atoms with E-state index in [2.05, 4.69) is 11.9 Å². The fraction of sp³-hybridized carbons (Fsp3) is 0.350. The van der Waals surface area contributed by atoms with Crippen molar-refractivity contribution < 1.29 is 17.7 Å². The predicted octanol–water partition coefficient (Wildman–Crippen LogP) is 4.43. The lowest BCUT2D eigenvalue weighted by Crippen LogP contribution is -2.22. The minimum atomic E-state index is -3.61. The average molecular weight is 467 g/mol. The van der Waals surface area contributed by atoms with Crippen LogP contribution in [0.15, 0.2) is 46.5 Å². The number of nitro groups is 1. The number of halogens is 1. The van der Waals surface area contributed by atoms with E-state index in [-0.39, 0.29) is 21.9 Å². The van der Waals surface area contributed by atoms with Gasteiger partial charge in [0.2, 0.25) is 10.0 Å². The van der Waals surface area contributed by atoms with Crippen molar-refractivity contribution in [3.63, 3.8) is 0 Å². The second-order valence-electron chi connectivity index (χ2n) is 7.12. The first-order valence-electron chi connectivity index (χ1n) is 9.64. The summed E-state index contributed by atoms with van der Waals surface area (Å²) in [6, 6.07) is 8.55. The van der Waals surface area contributed by atoms with E-state index in [1.807, 2.05) is 4.57 Å². The van der Waals surface area contributed by atoms with E-state index in [1.165, 1.54) is 56.2 Å². The van der Waals surface area contributed by atoms with Gasteiger partial charge in [0, 0.05) is 32.5 Å². The van der Waals surface area contributed by atoms with Crippen LogP contribution in [0.3, 0.4) is 0 Å². The molecule has 0 atom stereocenters. The zero-order chi connectivity index (χ0) is 22.8. The third kappa shape index (κ3) is 4.73. The fourth-order valence-corrected chi connectivity index (χ4v) is 5.09. The minimum Gasteiger partial charge on any atom is -0.319 e. The van der Waals surface area contributed by atoms with Crippen LogP contribution in [-0.4, -0.2) is 41.3 Å². The van der Waals surface area contributed by atoms with E-state index in [0.29, 0.717) is 17.2 Å². The first-order chi connectivity index (χ1) is 14.7. The normalized spacial score (nSPS) is 12.0. The Morgan fingerprint density at radius 1 is 1.26 bits per heavy atom. The Morgan fingerprint density at radius 3 is 2.65 bits per heavy atom. The second kappa shape index (κ2) is 9.33. The molecule has 3 rings (SSSR count). The highest BCUT2D eigenvalue weighted by Gasteiger charge is 2.22. The van der Waals surface area contributed by atoms with Gasteiger partial charge in [-0.15, -0.1) is 0 Å². The van der Waals surface area contributed by atoms with Crippen molar-refractivity contribution in [3.8, 4) is 0 Å². The summed E-state index contributed by atoms with van der Waals surface area (Å²) >= 11 is 1.19. The summed E-state index contributed by atoms with van der Waals surface area (Å²) in [6.45, 7) is 2.70. The Kier molecular flexibility index (Phi) is 6.97. The zero-order valence-electron chi connectivity index (χ0n) is 17.4. The van der Waals surface area contributed by atoms with Gasteiger partial charge in [-0.05, 0) is 30.7 Å². The molecular formula is C20H23FN4O4S2. The number of aryl methyl sites for hydroxylation is 1. The van der Waals surface area contributed by atoms with Crippen molar-refractivity contribution >= 4 is 38.5 Å². The molecule has 0 bridgehead atoms. The Hall–Kier alpha value is -2.50. The van der Waals surface area contributed by atoms with Crippen LogP contribution < -0.4 is 0 Å². The summed E-state index contributed by atoms with van der Waals surface area (Å²) in [5.41, 5.74) is 0.992. The lowest BCUT2D eigenvalue weighted by atomic mass is 10.2. The van der Waals surface area contributed by atoms with Crippen LogP contribution in [0, 0.1) is 15.9 Å². The van der Waals surface area contributed by atoms with E-state index in [9.17, 15) is 22.9 Å². The Labute approximate surface area is 184 Å². The van der Waals surface area contributed by atoms with Gasteiger partial charge < -0.3 is 4.57 Å². The van der Waals surface area contributed by atoms with Gasteiger partial charge in [-0.1, -0.05) is 31.2 Å². The van der Waals surface area contributed by atoms with Crippen LogP contribution in [0.5, 0.6) is 0 Å². The van der Waals surface area contributed by atoms with Crippen molar-refractivity contribution in [2.24, 2.45) is 0 Å². The second-order valence-corrected chi connectivity index (χ2v) is 10.2. The standard InChI is InChI=1S/C20H23FN4O4S2/c1-4-5-11-24-19-10-9-14(31(28,29)23(2)3)12-17(19)22-20(24)30-13-15-16(21)7-6-8-18(15)25(26)27/h6-10,12H,4-5,11,13H2,1-3H3. The number of hydrogen-bond acceptors (Lipinski definition) is 6. The highest BCUT2D eigenvalue weighted by molar-refractivity contribution is 7.98. The summed E-state index contributed by atoms with van der Waals surface area (Å²) in [6.07, 6.45) is 1.81. The van der Waals surface area contributed by atoms with Gasteiger partial charge in [-0.2, -0.15) is 0 Å². The third-order valence-corrected chi connectivity index (χ3v) is 7.65. The number of benzene rings is 2. The molecule has 31 heavy (non-hydrogen) atoms. The van der Waals surface area contributed by atoms with Gasteiger partial charge >= 0.3 is 0 Å². The zero-order valence-corrected chi connectivity index (χ0v) is 19.0. The number of aromatic nitrogens is 2. The summed E-state index contributed by atoms with van der Waals surface area (Å²) in [4.78, 5) is 15.4. The van der Waals surface area contributed by atoms with Gasteiger partial charge in [-0.3, -0.25) is 10.1 Å². The molecule has 1 heterocycles. The lowest BCUT2D eigenvalue weighted by Gasteiger charge is -2.11. The highest BCUT2D eigenvalue weighted by Crippen LogP contribution is 2.32. The maximum atomic E-state index is 14.3. The van der Waals surface area contributed by atoms with Gasteiger partial charge in [0.25, 0.3) is 5.69 Å². The van der Waals surface area contributed by atoms with Crippen LogP contribution in [0.4, 0.5) is 10.1 Å². The molecule has 0 unspecified atom stereocenters. The van der Waals surface area contributed by atoms with E-state index in [1.54, 1.807) is 6.07 Å². The van der Waals surface area contributed by atoms with Crippen LogP contribution >= 0.6 is 11.8 Å². The Bertz CT molecular complexity index is 1230. The Balaban J connectivity index is 2.02. The molecule has 0 radical (unpaired) electrons. The van der Waals surface area contributed by atoms with Crippen molar-refractivity contribution in [2.45, 2.75) is 42.1 Å². The number of fused-ring (bicyclic) bond motifs is 1. The third-order valence-electron chi connectivity index (χ3n) is 4.83. The molecule has 0 spiro atoms. The molecule has 166 valence electrons. The molecule has 0 N–H and O–H groups in total. The van der Waals surface area contributed by atoms with E-state index < -0.39 is 20.8 Å². The van der Waals surface area contributed by atoms with Crippen molar-refractivity contribution in [2.75, 3.05) is 14.1 Å². The van der Waals surface area contributed by atoms with Crippen molar-refractivity contribution in [3.05, 3.63) is 57.9 Å². The van der Waals surface area contributed by atoms with Gasteiger partial charge in [0.15, 0.2) is 5.16 Å². The largest absolute Gasteiger partial charge is 0.319 e. The van der Waals surface area contributed by atoms with Crippen LogP contribution in [-0.2, 0) is 22.3 Å². The molecule has 3 aromatic rings. The molecule has 0 saturated carbocycles. The summed E-state index contributed by atoms with van der Waals surface area (Å²) < 4.78 is 42.3. The fourth-order valence-electron chi connectivity index (χ4n) is 3.10. The van der Waals surface area contributed by atoms with Crippen LogP contribution in [0.1, 0.15) is 25.3 Å². The molecule has 0 aliphatic rings. The minimum absolute atomic E-state index is 0.00229. The number of hydrogen-bond donors (Lipinski definition) is 0. The lowest BCUT2D eigenvalue weighted by molar-refractivity contribution is -0.385. The summed E-state index contributed by atoms with van der Waals surface area (Å²) in [5.74, 6) is -0.612. The molecule has 0 amide bonds. The van der Waals surface area contributed by atoms with Crippen LogP contribution in [0.2, 0.25) is 0 Å². The molecule has 0 fully saturated rings. The molecule has 11 heteroatoms. The molecule has 0 aliphatic heterocycles. The van der Waals surface area contributed by atoms with Crippen molar-refractivity contribution in [1.29, 1.82) is 0 Å². The number of thioether (sulfide) groups is 1. The molecule has 1 aromatic heterocycles. The number of nitrogens with zero attached hydrogens (tertiary/aromatic N) is 4. The molecule has 0 saturated heterocycles. The number of imidazole rings is 1.